The molecule has 0 unspecified atom stereocenters. The first kappa shape index (κ1) is 31.3. The second-order valence-corrected chi connectivity index (χ2v) is 10.9. The van der Waals surface area contributed by atoms with E-state index in [0.717, 1.165) is 22.3 Å². The molecule has 0 aromatic heterocycles. The number of rotatable bonds is 12. The van der Waals surface area contributed by atoms with Gasteiger partial charge in [-0.25, -0.2) is 0 Å². The van der Waals surface area contributed by atoms with Crippen molar-refractivity contribution in [3.63, 3.8) is 0 Å². The Bertz CT molecular complexity index is 1300. The Balaban J connectivity index is 1.52. The number of ether oxygens (including phenoxy) is 2. The topological polar surface area (TPSA) is 129 Å². The van der Waals surface area contributed by atoms with Crippen LogP contribution in [-0.4, -0.2) is 57.8 Å². The SMILES string of the molecule is C[C@@H]1[C@H](CN(C)[C@@H](C)[C@H](O)c2ccccc2)O[C@H](c2ccc(NC(=O)CCC(=O)O)cc2)O[C@@H]1c1ccc(CO)cc1. The zero-order valence-electron chi connectivity index (χ0n) is 24.2. The first-order valence-electron chi connectivity index (χ1n) is 14.2. The maximum Gasteiger partial charge on any atom is 0.303 e. The summed E-state index contributed by atoms with van der Waals surface area (Å²) in [5.41, 5.74) is 3.96. The quantitative estimate of drug-likeness (QED) is 0.241. The molecule has 1 aliphatic rings. The van der Waals surface area contributed by atoms with Crippen LogP contribution >= 0.6 is 0 Å². The van der Waals surface area contributed by atoms with Gasteiger partial charge in [-0.15, -0.1) is 0 Å². The molecule has 1 heterocycles. The number of likely N-dealkylation sites (N-methyl/N-ethyl adjacent to an activating group) is 1. The average Bonchev–Trinajstić information content (AvgIpc) is 3.01. The molecule has 1 saturated heterocycles. The standard InChI is InChI=1S/C33H40N2O7/c1-21-28(19-35(3)22(2)31(40)24-7-5-4-6-8-24)41-33(42-32(21)25-11-9-23(20-36)10-12-25)26-13-15-27(16-14-26)34-29(37)17-18-30(38)39/h4-16,21-22,28,31-33,36,40H,17-20H2,1-3H3,(H,34,37)(H,38,39)/t21-,22+,28+,31+,32+,33+/m1/s1. The van der Waals surface area contributed by atoms with E-state index in [1.54, 1.807) is 12.1 Å². The number of benzene rings is 3. The summed E-state index contributed by atoms with van der Waals surface area (Å²) >= 11 is 0. The van der Waals surface area contributed by atoms with Crippen LogP contribution in [0.2, 0.25) is 0 Å². The first-order valence-corrected chi connectivity index (χ1v) is 14.2. The molecule has 9 heteroatoms. The Hall–Kier alpha value is -3.60. The van der Waals surface area contributed by atoms with E-state index in [2.05, 4.69) is 17.1 Å². The van der Waals surface area contributed by atoms with Crippen molar-refractivity contribution < 1.29 is 34.4 Å². The lowest BCUT2D eigenvalue weighted by Crippen LogP contribution is -2.46. The third kappa shape index (κ3) is 8.02. The molecule has 3 aromatic rings. The van der Waals surface area contributed by atoms with Crippen molar-refractivity contribution in [1.29, 1.82) is 0 Å². The number of amides is 1. The largest absolute Gasteiger partial charge is 0.481 e. The summed E-state index contributed by atoms with van der Waals surface area (Å²) in [6, 6.07) is 24.3. The summed E-state index contributed by atoms with van der Waals surface area (Å²) in [5, 5.41) is 32.1. The highest BCUT2D eigenvalue weighted by atomic mass is 16.7. The lowest BCUT2D eigenvalue weighted by atomic mass is 9.89. The van der Waals surface area contributed by atoms with Crippen LogP contribution in [0, 0.1) is 5.92 Å². The molecule has 42 heavy (non-hydrogen) atoms. The lowest BCUT2D eigenvalue weighted by molar-refractivity contribution is -0.276. The van der Waals surface area contributed by atoms with E-state index in [0.29, 0.717) is 12.2 Å². The van der Waals surface area contributed by atoms with Crippen molar-refractivity contribution in [1.82, 2.24) is 4.90 Å². The average molecular weight is 577 g/mol. The highest BCUT2D eigenvalue weighted by molar-refractivity contribution is 5.92. The molecule has 0 saturated carbocycles. The van der Waals surface area contributed by atoms with Crippen LogP contribution in [0.1, 0.15) is 67.4 Å². The van der Waals surface area contributed by atoms with Crippen molar-refractivity contribution in [3.05, 3.63) is 101 Å². The molecule has 224 valence electrons. The first-order chi connectivity index (χ1) is 20.2. The molecular formula is C33H40N2O7. The van der Waals surface area contributed by atoms with Gasteiger partial charge in [0.1, 0.15) is 0 Å². The van der Waals surface area contributed by atoms with Crippen molar-refractivity contribution >= 4 is 17.6 Å². The molecule has 1 fully saturated rings. The van der Waals surface area contributed by atoms with Crippen molar-refractivity contribution in [2.45, 2.75) is 63.9 Å². The van der Waals surface area contributed by atoms with Crippen LogP contribution in [0.5, 0.6) is 0 Å². The normalized spacial score (nSPS) is 22.0. The molecule has 0 bridgehead atoms. The summed E-state index contributed by atoms with van der Waals surface area (Å²) < 4.78 is 13.0. The second-order valence-electron chi connectivity index (χ2n) is 10.9. The number of nitrogens with one attached hydrogen (secondary N) is 1. The van der Waals surface area contributed by atoms with Gasteiger partial charge >= 0.3 is 5.97 Å². The van der Waals surface area contributed by atoms with Gasteiger partial charge < -0.3 is 30.1 Å². The molecule has 4 N–H and O–H groups in total. The summed E-state index contributed by atoms with van der Waals surface area (Å²) in [7, 11) is 1.98. The summed E-state index contributed by atoms with van der Waals surface area (Å²) in [5.74, 6) is -1.42. The number of carbonyl (C=O) groups excluding carboxylic acids is 1. The predicted molar refractivity (Wildman–Crippen MR) is 158 cm³/mol. The molecule has 9 nitrogen and oxygen atoms in total. The number of hydrogen-bond acceptors (Lipinski definition) is 7. The van der Waals surface area contributed by atoms with Gasteiger partial charge in [-0.05, 0) is 42.8 Å². The monoisotopic (exact) mass is 576 g/mol. The Morgan fingerprint density at radius 2 is 1.57 bits per heavy atom. The Labute approximate surface area is 246 Å². The third-order valence-corrected chi connectivity index (χ3v) is 7.92. The van der Waals surface area contributed by atoms with Gasteiger partial charge in [0.25, 0.3) is 0 Å². The van der Waals surface area contributed by atoms with Crippen LogP contribution in [-0.2, 0) is 25.7 Å². The zero-order chi connectivity index (χ0) is 30.2. The van der Waals surface area contributed by atoms with Gasteiger partial charge in [-0.3, -0.25) is 14.5 Å². The third-order valence-electron chi connectivity index (χ3n) is 7.92. The number of carboxylic acid groups (broad SMARTS) is 1. The molecule has 4 rings (SSSR count). The lowest BCUT2D eigenvalue weighted by Gasteiger charge is -2.43. The molecule has 0 spiro atoms. The number of carboxylic acids is 1. The van der Waals surface area contributed by atoms with Gasteiger partial charge in [-0.2, -0.15) is 0 Å². The highest BCUT2D eigenvalue weighted by Crippen LogP contribution is 2.42. The minimum absolute atomic E-state index is 0.0301. The number of carbonyl (C=O) groups is 2. The van der Waals surface area contributed by atoms with Crippen molar-refractivity contribution in [3.8, 4) is 0 Å². The van der Waals surface area contributed by atoms with E-state index in [4.69, 9.17) is 14.6 Å². The summed E-state index contributed by atoms with van der Waals surface area (Å²) in [4.78, 5) is 24.9. The highest BCUT2D eigenvalue weighted by Gasteiger charge is 2.39. The van der Waals surface area contributed by atoms with Crippen LogP contribution in [0.15, 0.2) is 78.9 Å². The maximum absolute atomic E-state index is 12.1. The second kappa shape index (κ2) is 14.5. The number of nitrogens with zero attached hydrogens (tertiary/aromatic N) is 1. The van der Waals surface area contributed by atoms with Crippen LogP contribution < -0.4 is 5.32 Å². The van der Waals surface area contributed by atoms with Gasteiger partial charge in [0.2, 0.25) is 5.91 Å². The van der Waals surface area contributed by atoms with Gasteiger partial charge in [0.15, 0.2) is 6.29 Å². The van der Waals surface area contributed by atoms with E-state index in [-0.39, 0.29) is 49.5 Å². The van der Waals surface area contributed by atoms with E-state index in [1.165, 1.54) is 0 Å². The van der Waals surface area contributed by atoms with E-state index in [1.807, 2.05) is 80.7 Å². The smallest absolute Gasteiger partial charge is 0.303 e. The summed E-state index contributed by atoms with van der Waals surface area (Å²) in [6.07, 6.45) is -2.22. The van der Waals surface area contributed by atoms with Gasteiger partial charge in [0.05, 0.1) is 31.3 Å². The van der Waals surface area contributed by atoms with Crippen molar-refractivity contribution in [2.75, 3.05) is 18.9 Å². The maximum atomic E-state index is 12.1. The molecule has 6 atom stereocenters. The van der Waals surface area contributed by atoms with E-state index < -0.39 is 18.4 Å². The fourth-order valence-electron chi connectivity index (χ4n) is 5.12. The van der Waals surface area contributed by atoms with E-state index >= 15 is 0 Å². The Kier molecular flexibility index (Phi) is 10.8. The Morgan fingerprint density at radius 1 is 0.929 bits per heavy atom. The fraction of sp³-hybridized carbons (Fsp3) is 0.394. The number of aliphatic carboxylic acids is 1. The molecule has 0 aliphatic carbocycles. The number of aliphatic hydroxyl groups is 2. The molecule has 3 aromatic carbocycles. The number of anilines is 1. The van der Waals surface area contributed by atoms with Crippen LogP contribution in [0.3, 0.4) is 0 Å². The zero-order valence-corrected chi connectivity index (χ0v) is 24.2. The molecule has 1 aliphatic heterocycles. The molecular weight excluding hydrogens is 536 g/mol. The Morgan fingerprint density at radius 3 is 2.19 bits per heavy atom. The minimum Gasteiger partial charge on any atom is -0.481 e. The number of hydrogen-bond donors (Lipinski definition) is 4. The van der Waals surface area contributed by atoms with Gasteiger partial charge in [0, 0.05) is 36.2 Å². The number of aliphatic hydroxyl groups excluding tert-OH is 2. The fourth-order valence-corrected chi connectivity index (χ4v) is 5.12. The molecule has 1 amide bonds. The molecule has 0 radical (unpaired) electrons. The van der Waals surface area contributed by atoms with Crippen LogP contribution in [0.4, 0.5) is 5.69 Å². The van der Waals surface area contributed by atoms with E-state index in [9.17, 15) is 19.8 Å². The van der Waals surface area contributed by atoms with Gasteiger partial charge in [-0.1, -0.05) is 73.7 Å². The summed E-state index contributed by atoms with van der Waals surface area (Å²) in [6.45, 7) is 4.59. The predicted octanol–water partition coefficient (Wildman–Crippen LogP) is 4.83. The van der Waals surface area contributed by atoms with Crippen molar-refractivity contribution in [2.24, 2.45) is 5.92 Å². The minimum atomic E-state index is -1.02. The van der Waals surface area contributed by atoms with Crippen LogP contribution in [0.25, 0.3) is 0 Å².